The van der Waals surface area contributed by atoms with E-state index in [1.807, 2.05) is 43.3 Å². The Morgan fingerprint density at radius 1 is 1.03 bits per heavy atom. The number of rotatable bonds is 10. The van der Waals surface area contributed by atoms with Crippen LogP contribution >= 0.6 is 11.6 Å². The zero-order valence-corrected chi connectivity index (χ0v) is 18.0. The van der Waals surface area contributed by atoms with Gasteiger partial charge in [-0.1, -0.05) is 49.7 Å². The van der Waals surface area contributed by atoms with Gasteiger partial charge in [-0.25, -0.2) is 0 Å². The molecule has 0 aliphatic carbocycles. The second-order valence-corrected chi connectivity index (χ2v) is 7.34. The summed E-state index contributed by atoms with van der Waals surface area (Å²) in [7, 11) is 0. The van der Waals surface area contributed by atoms with Gasteiger partial charge in [0.05, 0.1) is 0 Å². The Labute approximate surface area is 178 Å². The number of halogens is 1. The highest BCUT2D eigenvalue weighted by atomic mass is 35.5. The van der Waals surface area contributed by atoms with Gasteiger partial charge in [-0.3, -0.25) is 9.59 Å². The van der Waals surface area contributed by atoms with Crippen molar-refractivity contribution in [1.82, 2.24) is 10.2 Å². The van der Waals surface area contributed by atoms with Crippen molar-refractivity contribution in [2.75, 3.05) is 13.2 Å². The highest BCUT2D eigenvalue weighted by Crippen LogP contribution is 2.16. The second kappa shape index (κ2) is 11.5. The lowest BCUT2D eigenvalue weighted by Gasteiger charge is -2.28. The third-order valence-electron chi connectivity index (χ3n) is 4.68. The number of hydrogen-bond donors (Lipinski definition) is 1. The zero-order valence-electron chi connectivity index (χ0n) is 17.3. The first kappa shape index (κ1) is 22.8. The number of carbonyl (C=O) groups excluding carboxylic acids is 2. The monoisotopic (exact) mass is 416 g/mol. The molecule has 6 heteroatoms. The number of nitrogens with zero attached hydrogens (tertiary/aromatic N) is 1. The fourth-order valence-corrected chi connectivity index (χ4v) is 2.94. The van der Waals surface area contributed by atoms with E-state index in [1.54, 1.807) is 19.1 Å². The number of nitrogens with one attached hydrogen (secondary N) is 1. The molecule has 0 saturated heterocycles. The molecule has 0 aromatic heterocycles. The Kier molecular flexibility index (Phi) is 9.00. The predicted octanol–water partition coefficient (Wildman–Crippen LogP) is 4.22. The molecular weight excluding hydrogens is 388 g/mol. The number of ether oxygens (including phenoxy) is 1. The molecule has 0 spiro atoms. The highest BCUT2D eigenvalue weighted by molar-refractivity contribution is 6.30. The third-order valence-corrected chi connectivity index (χ3v) is 4.93. The molecule has 2 aromatic carbocycles. The van der Waals surface area contributed by atoms with Crippen LogP contribution in [0.15, 0.2) is 48.5 Å². The molecule has 2 amide bonds. The minimum absolute atomic E-state index is 0.134. The summed E-state index contributed by atoms with van der Waals surface area (Å²) in [4.78, 5) is 26.9. The first-order valence-corrected chi connectivity index (χ1v) is 10.4. The van der Waals surface area contributed by atoms with E-state index in [0.717, 1.165) is 18.4 Å². The first-order chi connectivity index (χ1) is 13.9. The minimum Gasteiger partial charge on any atom is -0.484 e. The summed E-state index contributed by atoms with van der Waals surface area (Å²) in [6.07, 6.45) is 1.78. The summed E-state index contributed by atoms with van der Waals surface area (Å²) >= 11 is 5.96. The fourth-order valence-electron chi connectivity index (χ4n) is 2.81. The average molecular weight is 417 g/mol. The van der Waals surface area contributed by atoms with Crippen LogP contribution in [0.4, 0.5) is 0 Å². The van der Waals surface area contributed by atoms with Crippen molar-refractivity contribution in [3.8, 4) is 5.75 Å². The van der Waals surface area contributed by atoms with Crippen molar-refractivity contribution < 1.29 is 14.3 Å². The highest BCUT2D eigenvalue weighted by Gasteiger charge is 2.26. The van der Waals surface area contributed by atoms with Crippen molar-refractivity contribution in [3.63, 3.8) is 0 Å². The summed E-state index contributed by atoms with van der Waals surface area (Å²) in [6, 6.07) is 14.3. The third kappa shape index (κ3) is 7.09. The van der Waals surface area contributed by atoms with Crippen molar-refractivity contribution in [1.29, 1.82) is 0 Å². The van der Waals surface area contributed by atoms with Crippen LogP contribution in [0.1, 0.15) is 38.3 Å². The lowest BCUT2D eigenvalue weighted by Crippen LogP contribution is -2.49. The summed E-state index contributed by atoms with van der Waals surface area (Å²) in [5, 5.41) is 3.48. The Hall–Kier alpha value is -2.53. The van der Waals surface area contributed by atoms with Crippen molar-refractivity contribution >= 4 is 23.4 Å². The largest absolute Gasteiger partial charge is 0.484 e. The van der Waals surface area contributed by atoms with Crippen molar-refractivity contribution in [2.45, 2.75) is 46.2 Å². The Balaban J connectivity index is 2.09. The quantitative estimate of drug-likeness (QED) is 0.630. The van der Waals surface area contributed by atoms with Gasteiger partial charge < -0.3 is 15.0 Å². The molecule has 156 valence electrons. The molecule has 2 aromatic rings. The normalized spacial score (nSPS) is 11.6. The second-order valence-electron chi connectivity index (χ2n) is 6.90. The molecule has 0 aliphatic rings. The van der Waals surface area contributed by atoms with Gasteiger partial charge in [0.25, 0.3) is 5.91 Å². The van der Waals surface area contributed by atoms with Crippen molar-refractivity contribution in [3.05, 3.63) is 64.7 Å². The maximum atomic E-state index is 12.9. The van der Waals surface area contributed by atoms with E-state index in [9.17, 15) is 9.59 Å². The van der Waals surface area contributed by atoms with Crippen LogP contribution in [0.5, 0.6) is 5.75 Å². The first-order valence-electron chi connectivity index (χ1n) is 9.98. The average Bonchev–Trinajstić information content (AvgIpc) is 2.75. The molecule has 1 unspecified atom stereocenters. The van der Waals surface area contributed by atoms with Gasteiger partial charge in [0.15, 0.2) is 6.61 Å². The molecule has 0 bridgehead atoms. The molecule has 1 atom stereocenters. The summed E-state index contributed by atoms with van der Waals surface area (Å²) < 4.78 is 5.67. The number of amides is 2. The number of aryl methyl sites for hydroxylation is 1. The molecule has 5 nitrogen and oxygen atoms in total. The van der Waals surface area contributed by atoms with E-state index in [0.29, 0.717) is 23.9 Å². The number of carbonyl (C=O) groups is 2. The van der Waals surface area contributed by atoms with E-state index in [1.165, 1.54) is 10.5 Å². The van der Waals surface area contributed by atoms with Gasteiger partial charge in [0, 0.05) is 18.1 Å². The zero-order chi connectivity index (χ0) is 21.2. The van der Waals surface area contributed by atoms with Gasteiger partial charge in [0.1, 0.15) is 11.8 Å². The molecular formula is C23H29ClN2O3. The fraction of sp³-hybridized carbons (Fsp3) is 0.391. The SMILES string of the molecule is CCCNC(=O)C(C)N(Cc1ccc(Cl)cc1)C(=O)COc1ccc(CC)cc1. The van der Waals surface area contributed by atoms with Crippen LogP contribution in [-0.2, 0) is 22.6 Å². The van der Waals surface area contributed by atoms with Crippen LogP contribution in [0, 0.1) is 0 Å². The van der Waals surface area contributed by atoms with E-state index in [2.05, 4.69) is 12.2 Å². The van der Waals surface area contributed by atoms with E-state index in [4.69, 9.17) is 16.3 Å². The maximum absolute atomic E-state index is 12.9. The molecule has 0 fully saturated rings. The Morgan fingerprint density at radius 2 is 1.66 bits per heavy atom. The van der Waals surface area contributed by atoms with Gasteiger partial charge in [-0.05, 0) is 55.2 Å². The summed E-state index contributed by atoms with van der Waals surface area (Å²) in [5.41, 5.74) is 2.10. The van der Waals surface area contributed by atoms with Gasteiger partial charge in [0.2, 0.25) is 5.91 Å². The number of benzene rings is 2. The molecule has 0 heterocycles. The van der Waals surface area contributed by atoms with Gasteiger partial charge >= 0.3 is 0 Å². The lowest BCUT2D eigenvalue weighted by molar-refractivity contribution is -0.142. The van der Waals surface area contributed by atoms with Crippen molar-refractivity contribution in [2.24, 2.45) is 0 Å². The molecule has 29 heavy (non-hydrogen) atoms. The standard InChI is InChI=1S/C23H29ClN2O3/c1-4-14-25-23(28)17(3)26(15-19-6-10-20(24)11-7-19)22(27)16-29-21-12-8-18(5-2)9-13-21/h6-13,17H,4-5,14-16H2,1-3H3,(H,25,28). The Bertz CT molecular complexity index is 791. The van der Waals surface area contributed by atoms with Crippen LogP contribution in [0.3, 0.4) is 0 Å². The van der Waals surface area contributed by atoms with E-state index >= 15 is 0 Å². The summed E-state index contributed by atoms with van der Waals surface area (Å²) in [5.74, 6) is 0.199. The molecule has 0 saturated carbocycles. The summed E-state index contributed by atoms with van der Waals surface area (Å²) in [6.45, 7) is 6.54. The Morgan fingerprint density at radius 3 is 2.24 bits per heavy atom. The van der Waals surface area contributed by atoms with Gasteiger partial charge in [-0.15, -0.1) is 0 Å². The van der Waals surface area contributed by atoms with Gasteiger partial charge in [-0.2, -0.15) is 0 Å². The topological polar surface area (TPSA) is 58.6 Å². The molecule has 1 N–H and O–H groups in total. The van der Waals surface area contributed by atoms with Crippen LogP contribution in [0.25, 0.3) is 0 Å². The lowest BCUT2D eigenvalue weighted by atomic mass is 10.1. The molecule has 2 rings (SSSR count). The van der Waals surface area contributed by atoms with E-state index in [-0.39, 0.29) is 18.4 Å². The molecule has 0 aliphatic heterocycles. The van der Waals surface area contributed by atoms with Crippen LogP contribution in [0.2, 0.25) is 5.02 Å². The van der Waals surface area contributed by atoms with Crippen LogP contribution in [-0.4, -0.2) is 35.9 Å². The van der Waals surface area contributed by atoms with E-state index < -0.39 is 6.04 Å². The number of hydrogen-bond acceptors (Lipinski definition) is 3. The molecule has 0 radical (unpaired) electrons. The predicted molar refractivity (Wildman–Crippen MR) is 116 cm³/mol. The minimum atomic E-state index is -0.615. The smallest absolute Gasteiger partial charge is 0.261 e. The maximum Gasteiger partial charge on any atom is 0.261 e. The van der Waals surface area contributed by atoms with Crippen LogP contribution < -0.4 is 10.1 Å².